The molecule has 2 aromatic carbocycles. The largest absolute Gasteiger partial charge is 0.486 e. The van der Waals surface area contributed by atoms with E-state index in [9.17, 15) is 4.79 Å². The van der Waals surface area contributed by atoms with Crippen molar-refractivity contribution in [2.24, 2.45) is 0 Å². The highest BCUT2D eigenvalue weighted by Gasteiger charge is 2.09. The van der Waals surface area contributed by atoms with Crippen molar-refractivity contribution < 1.29 is 9.53 Å². The third-order valence-corrected chi connectivity index (χ3v) is 4.24. The fraction of sp³-hybridized carbons (Fsp3) is 0.211. The van der Waals surface area contributed by atoms with Crippen molar-refractivity contribution in [2.45, 2.75) is 26.6 Å². The van der Waals surface area contributed by atoms with E-state index < -0.39 is 0 Å². The maximum atomic E-state index is 12.3. The summed E-state index contributed by atoms with van der Waals surface area (Å²) in [5.41, 5.74) is 2.37. The second kappa shape index (κ2) is 7.87. The number of aromatic nitrogens is 6. The summed E-state index contributed by atoms with van der Waals surface area (Å²) >= 11 is 0. The number of hydrogen-bond donors (Lipinski definition) is 2. The molecule has 4 aromatic rings. The van der Waals surface area contributed by atoms with Crippen LogP contribution in [-0.4, -0.2) is 36.1 Å². The first-order valence-corrected chi connectivity index (χ1v) is 8.92. The van der Waals surface area contributed by atoms with Crippen molar-refractivity contribution in [3.05, 3.63) is 65.7 Å². The van der Waals surface area contributed by atoms with Crippen molar-refractivity contribution >= 4 is 16.9 Å². The maximum Gasteiger partial charge on any atom is 0.251 e. The van der Waals surface area contributed by atoms with Crippen LogP contribution in [0.5, 0.6) is 5.75 Å². The Bertz CT molecular complexity index is 1050. The van der Waals surface area contributed by atoms with Gasteiger partial charge in [-0.15, -0.1) is 5.10 Å². The quantitative estimate of drug-likeness (QED) is 0.510. The molecule has 0 radical (unpaired) electrons. The molecule has 2 heterocycles. The highest BCUT2D eigenvalue weighted by atomic mass is 16.5. The number of nitrogens with zero attached hydrogens (tertiary/aromatic N) is 5. The van der Waals surface area contributed by atoms with Crippen molar-refractivity contribution in [2.75, 3.05) is 0 Å². The van der Waals surface area contributed by atoms with Gasteiger partial charge < -0.3 is 15.0 Å². The number of benzene rings is 2. The first kappa shape index (κ1) is 17.7. The summed E-state index contributed by atoms with van der Waals surface area (Å²) in [6.45, 7) is 3.22. The van der Waals surface area contributed by atoms with Crippen molar-refractivity contribution in [1.82, 2.24) is 35.5 Å². The fourth-order valence-electron chi connectivity index (χ4n) is 2.78. The third kappa shape index (κ3) is 3.83. The zero-order valence-electron chi connectivity index (χ0n) is 15.3. The molecule has 0 aliphatic heterocycles. The molecule has 28 heavy (non-hydrogen) atoms. The van der Waals surface area contributed by atoms with Gasteiger partial charge in [0.1, 0.15) is 18.2 Å². The lowest BCUT2D eigenvalue weighted by Crippen LogP contribution is -2.23. The number of nitrogens with one attached hydrogen (secondary N) is 2. The summed E-state index contributed by atoms with van der Waals surface area (Å²) in [6, 6.07) is 14.7. The van der Waals surface area contributed by atoms with Crippen molar-refractivity contribution in [3.63, 3.8) is 0 Å². The number of imidazole rings is 1. The number of hydrogen-bond acceptors (Lipinski definition) is 6. The average molecular weight is 377 g/mol. The van der Waals surface area contributed by atoms with Crippen LogP contribution in [-0.2, 0) is 19.7 Å². The number of H-pyrrole nitrogens is 1. The van der Waals surface area contributed by atoms with E-state index >= 15 is 0 Å². The molecule has 0 unspecified atom stereocenters. The SMILES string of the molecule is CCn1nnnc1COc1ccc(C(=O)NCc2nc3ccccc3[nH]2)cc1. The molecular weight excluding hydrogens is 358 g/mol. The van der Waals surface area contributed by atoms with E-state index in [2.05, 4.69) is 30.8 Å². The van der Waals surface area contributed by atoms with Crippen LogP contribution in [0.4, 0.5) is 0 Å². The Morgan fingerprint density at radius 3 is 2.79 bits per heavy atom. The predicted octanol–water partition coefficient (Wildman–Crippen LogP) is 2.08. The van der Waals surface area contributed by atoms with Gasteiger partial charge in [-0.25, -0.2) is 9.67 Å². The number of ether oxygens (including phenoxy) is 1. The number of aryl methyl sites for hydroxylation is 1. The van der Waals surface area contributed by atoms with E-state index in [1.165, 1.54) is 0 Å². The molecule has 0 saturated carbocycles. The molecule has 0 fully saturated rings. The van der Waals surface area contributed by atoms with Crippen LogP contribution in [0.1, 0.15) is 28.9 Å². The summed E-state index contributed by atoms with van der Waals surface area (Å²) < 4.78 is 7.35. The van der Waals surface area contributed by atoms with E-state index in [-0.39, 0.29) is 12.5 Å². The first-order valence-electron chi connectivity index (χ1n) is 8.92. The van der Waals surface area contributed by atoms with Crippen LogP contribution in [0.15, 0.2) is 48.5 Å². The minimum atomic E-state index is -0.179. The van der Waals surface area contributed by atoms with Gasteiger partial charge in [0.15, 0.2) is 5.82 Å². The van der Waals surface area contributed by atoms with Crippen molar-refractivity contribution in [3.8, 4) is 5.75 Å². The number of carbonyl (C=O) groups excluding carboxylic acids is 1. The van der Waals surface area contributed by atoms with E-state index in [4.69, 9.17) is 4.74 Å². The van der Waals surface area contributed by atoms with E-state index in [0.717, 1.165) is 11.0 Å². The van der Waals surface area contributed by atoms with Crippen LogP contribution in [0.25, 0.3) is 11.0 Å². The van der Waals surface area contributed by atoms with Gasteiger partial charge >= 0.3 is 0 Å². The molecule has 1 amide bonds. The molecule has 0 aliphatic carbocycles. The second-order valence-corrected chi connectivity index (χ2v) is 6.11. The van der Waals surface area contributed by atoms with Gasteiger partial charge in [-0.3, -0.25) is 4.79 Å². The van der Waals surface area contributed by atoms with E-state index in [1.807, 2.05) is 31.2 Å². The van der Waals surface area contributed by atoms with Crippen LogP contribution in [0, 0.1) is 0 Å². The zero-order valence-corrected chi connectivity index (χ0v) is 15.3. The minimum Gasteiger partial charge on any atom is -0.486 e. The molecule has 9 nitrogen and oxygen atoms in total. The number of tetrazole rings is 1. The number of aromatic amines is 1. The number of fused-ring (bicyclic) bond motifs is 1. The molecule has 0 bridgehead atoms. The number of rotatable bonds is 7. The smallest absolute Gasteiger partial charge is 0.251 e. The van der Waals surface area contributed by atoms with Crippen LogP contribution >= 0.6 is 0 Å². The topological polar surface area (TPSA) is 111 Å². The van der Waals surface area contributed by atoms with Gasteiger partial charge in [0.25, 0.3) is 5.91 Å². The van der Waals surface area contributed by atoms with Gasteiger partial charge in [-0.1, -0.05) is 12.1 Å². The lowest BCUT2D eigenvalue weighted by molar-refractivity contribution is 0.0950. The Labute approximate surface area is 160 Å². The maximum absolute atomic E-state index is 12.3. The second-order valence-electron chi connectivity index (χ2n) is 6.11. The van der Waals surface area contributed by atoms with Crippen molar-refractivity contribution in [1.29, 1.82) is 0 Å². The molecular formula is C19H19N7O2. The average Bonchev–Trinajstić information content (AvgIpc) is 3.36. The Morgan fingerprint density at radius 2 is 2.00 bits per heavy atom. The molecule has 0 saturated heterocycles. The lowest BCUT2D eigenvalue weighted by atomic mass is 10.2. The minimum absolute atomic E-state index is 0.179. The Kier molecular flexibility index (Phi) is 4.96. The molecule has 0 aliphatic rings. The normalized spacial score (nSPS) is 10.9. The van der Waals surface area contributed by atoms with Crippen LogP contribution in [0.2, 0.25) is 0 Å². The molecule has 0 atom stereocenters. The molecule has 4 rings (SSSR count). The van der Waals surface area contributed by atoms with Gasteiger partial charge in [-0.05, 0) is 53.7 Å². The lowest BCUT2D eigenvalue weighted by Gasteiger charge is -2.07. The summed E-state index contributed by atoms with van der Waals surface area (Å²) in [5.74, 6) is 1.82. The van der Waals surface area contributed by atoms with Gasteiger partial charge in [0.2, 0.25) is 0 Å². The molecule has 142 valence electrons. The summed E-state index contributed by atoms with van der Waals surface area (Å²) in [5, 5.41) is 14.3. The van der Waals surface area contributed by atoms with Gasteiger partial charge in [-0.2, -0.15) is 0 Å². The Balaban J connectivity index is 1.33. The Morgan fingerprint density at radius 1 is 1.18 bits per heavy atom. The monoisotopic (exact) mass is 377 g/mol. The summed E-state index contributed by atoms with van der Waals surface area (Å²) in [4.78, 5) is 20.0. The van der Waals surface area contributed by atoms with Gasteiger partial charge in [0, 0.05) is 12.1 Å². The van der Waals surface area contributed by atoms with E-state index in [1.54, 1.807) is 28.9 Å². The van der Waals surface area contributed by atoms with Crippen LogP contribution < -0.4 is 10.1 Å². The molecule has 2 aromatic heterocycles. The zero-order chi connectivity index (χ0) is 19.3. The fourth-order valence-corrected chi connectivity index (χ4v) is 2.78. The first-order chi connectivity index (χ1) is 13.7. The molecule has 9 heteroatoms. The van der Waals surface area contributed by atoms with Crippen LogP contribution in [0.3, 0.4) is 0 Å². The number of para-hydroxylation sites is 2. The molecule has 2 N–H and O–H groups in total. The Hall–Kier alpha value is -3.75. The highest BCUT2D eigenvalue weighted by molar-refractivity contribution is 5.94. The van der Waals surface area contributed by atoms with E-state index in [0.29, 0.717) is 36.1 Å². The highest BCUT2D eigenvalue weighted by Crippen LogP contribution is 2.14. The third-order valence-electron chi connectivity index (χ3n) is 4.24. The predicted molar refractivity (Wildman–Crippen MR) is 102 cm³/mol. The number of amides is 1. The standard InChI is InChI=1S/C19H19N7O2/c1-2-26-18(23-24-25-26)12-28-14-9-7-13(8-10-14)19(27)20-11-17-21-15-5-3-4-6-16(15)22-17/h3-10H,2,11-12H2,1H3,(H,20,27)(H,21,22). The molecule has 0 spiro atoms. The number of carbonyl (C=O) groups is 1. The van der Waals surface area contributed by atoms with Gasteiger partial charge in [0.05, 0.1) is 17.6 Å². The summed E-state index contributed by atoms with van der Waals surface area (Å²) in [7, 11) is 0. The summed E-state index contributed by atoms with van der Waals surface area (Å²) in [6.07, 6.45) is 0.